The smallest absolute Gasteiger partial charge is 0.321 e. The van der Waals surface area contributed by atoms with E-state index in [9.17, 15) is 9.59 Å². The van der Waals surface area contributed by atoms with E-state index in [1.54, 1.807) is 4.90 Å². The van der Waals surface area contributed by atoms with Gasteiger partial charge in [0.2, 0.25) is 0 Å². The molecule has 1 fully saturated rings. The highest BCUT2D eigenvalue weighted by Crippen LogP contribution is 2.16. The molecule has 0 saturated carbocycles. The molecule has 6 nitrogen and oxygen atoms in total. The van der Waals surface area contributed by atoms with E-state index in [1.807, 2.05) is 48.7 Å². The second kappa shape index (κ2) is 8.82. The van der Waals surface area contributed by atoms with Crippen LogP contribution in [0.1, 0.15) is 16.6 Å². The molecule has 1 aliphatic rings. The Morgan fingerprint density at radius 2 is 1.85 bits per heavy atom. The summed E-state index contributed by atoms with van der Waals surface area (Å²) >= 11 is 1.47. The molecular weight excluding hydrogens is 350 g/mol. The minimum Gasteiger partial charge on any atom is -0.494 e. The molecule has 3 rings (SSSR count). The molecule has 0 aliphatic carbocycles. The average Bonchev–Trinajstić information content (AvgIpc) is 3.19. The minimum absolute atomic E-state index is 0.113. The van der Waals surface area contributed by atoms with Crippen LogP contribution in [-0.4, -0.2) is 60.9 Å². The first-order chi connectivity index (χ1) is 12.7. The van der Waals surface area contributed by atoms with Crippen molar-refractivity contribution < 1.29 is 14.3 Å². The number of urea groups is 1. The molecule has 0 unspecified atom stereocenters. The Kier molecular flexibility index (Phi) is 6.25. The van der Waals surface area contributed by atoms with E-state index in [4.69, 9.17) is 4.74 Å². The summed E-state index contributed by atoms with van der Waals surface area (Å²) in [6.07, 6.45) is 0. The van der Waals surface area contributed by atoms with Crippen molar-refractivity contribution in [3.8, 4) is 5.75 Å². The molecular formula is C19H23N3O3S. The molecule has 26 heavy (non-hydrogen) atoms. The second-order valence-electron chi connectivity index (χ2n) is 6.05. The molecule has 2 aromatic rings. The maximum Gasteiger partial charge on any atom is 0.321 e. The molecule has 0 spiro atoms. The zero-order valence-electron chi connectivity index (χ0n) is 14.8. The highest BCUT2D eigenvalue weighted by molar-refractivity contribution is 7.12. The van der Waals surface area contributed by atoms with Gasteiger partial charge in [-0.3, -0.25) is 9.69 Å². The molecule has 2 amide bonds. The van der Waals surface area contributed by atoms with Gasteiger partial charge in [0.15, 0.2) is 5.78 Å². The van der Waals surface area contributed by atoms with E-state index < -0.39 is 0 Å². The molecule has 138 valence electrons. The fraction of sp³-hybridized carbons (Fsp3) is 0.368. The lowest BCUT2D eigenvalue weighted by Crippen LogP contribution is -2.51. The number of rotatable bonds is 6. The number of anilines is 1. The Morgan fingerprint density at radius 1 is 1.12 bits per heavy atom. The number of hydrogen-bond donors (Lipinski definition) is 1. The number of nitrogens with one attached hydrogen (secondary N) is 1. The number of benzene rings is 1. The van der Waals surface area contributed by atoms with Crippen LogP contribution < -0.4 is 10.1 Å². The monoisotopic (exact) mass is 373 g/mol. The van der Waals surface area contributed by atoms with E-state index in [0.29, 0.717) is 39.3 Å². The number of amides is 2. The SMILES string of the molecule is CCOc1ccc(NC(=O)N2CCN(CC(=O)c3cccs3)CC2)cc1. The molecule has 1 N–H and O–H groups in total. The van der Waals surface area contributed by atoms with Gasteiger partial charge in [0.1, 0.15) is 5.75 Å². The number of carbonyl (C=O) groups excluding carboxylic acids is 2. The van der Waals surface area contributed by atoms with Crippen LogP contribution in [0, 0.1) is 0 Å². The number of thiophene rings is 1. The number of ketones is 1. The number of ether oxygens (including phenoxy) is 1. The second-order valence-corrected chi connectivity index (χ2v) is 7.00. The van der Waals surface area contributed by atoms with E-state index in [2.05, 4.69) is 10.2 Å². The third kappa shape index (κ3) is 4.83. The van der Waals surface area contributed by atoms with Gasteiger partial charge in [-0.1, -0.05) is 6.07 Å². The molecule has 0 atom stereocenters. The normalized spacial score (nSPS) is 14.9. The molecule has 0 bridgehead atoms. The van der Waals surface area contributed by atoms with Crippen molar-refractivity contribution in [3.63, 3.8) is 0 Å². The lowest BCUT2D eigenvalue weighted by Gasteiger charge is -2.34. The summed E-state index contributed by atoms with van der Waals surface area (Å²) in [5.74, 6) is 0.932. The van der Waals surface area contributed by atoms with Crippen LogP contribution in [0.25, 0.3) is 0 Å². The van der Waals surface area contributed by atoms with Gasteiger partial charge in [0.25, 0.3) is 0 Å². The first-order valence-corrected chi connectivity index (χ1v) is 9.61. The third-order valence-corrected chi connectivity index (χ3v) is 5.15. The fourth-order valence-electron chi connectivity index (χ4n) is 2.83. The van der Waals surface area contributed by atoms with Crippen molar-refractivity contribution in [2.24, 2.45) is 0 Å². The largest absolute Gasteiger partial charge is 0.494 e. The van der Waals surface area contributed by atoms with Gasteiger partial charge < -0.3 is 15.0 Å². The summed E-state index contributed by atoms with van der Waals surface area (Å²) in [6.45, 7) is 5.59. The highest BCUT2D eigenvalue weighted by atomic mass is 32.1. The Labute approximate surface area is 157 Å². The van der Waals surface area contributed by atoms with Crippen LogP contribution >= 0.6 is 11.3 Å². The lowest BCUT2D eigenvalue weighted by atomic mass is 10.2. The molecule has 1 aromatic heterocycles. The summed E-state index contributed by atoms with van der Waals surface area (Å²) in [5, 5.41) is 4.82. The number of carbonyl (C=O) groups is 2. The van der Waals surface area contributed by atoms with Crippen molar-refractivity contribution in [2.45, 2.75) is 6.92 Å². The average molecular weight is 373 g/mol. The first-order valence-electron chi connectivity index (χ1n) is 8.73. The summed E-state index contributed by atoms with van der Waals surface area (Å²) in [6, 6.07) is 11.0. The maximum absolute atomic E-state index is 12.4. The van der Waals surface area contributed by atoms with Crippen LogP contribution in [-0.2, 0) is 0 Å². The van der Waals surface area contributed by atoms with Crippen molar-refractivity contribution in [1.29, 1.82) is 0 Å². The standard InChI is InChI=1S/C19H23N3O3S/c1-2-25-16-7-5-15(6-8-16)20-19(24)22-11-9-21(10-12-22)14-17(23)18-4-3-13-26-18/h3-8,13H,2,9-12,14H2,1H3,(H,20,24). The Bertz CT molecular complexity index is 723. The topological polar surface area (TPSA) is 61.9 Å². The summed E-state index contributed by atoms with van der Waals surface area (Å²) < 4.78 is 5.40. The highest BCUT2D eigenvalue weighted by Gasteiger charge is 2.23. The Morgan fingerprint density at radius 3 is 2.46 bits per heavy atom. The molecule has 1 aliphatic heterocycles. The quantitative estimate of drug-likeness (QED) is 0.790. The number of piperazine rings is 1. The van der Waals surface area contributed by atoms with Crippen LogP contribution in [0.5, 0.6) is 5.75 Å². The summed E-state index contributed by atoms with van der Waals surface area (Å²) in [5.41, 5.74) is 0.744. The predicted molar refractivity (Wildman–Crippen MR) is 103 cm³/mol. The van der Waals surface area contributed by atoms with Crippen LogP contribution in [0.2, 0.25) is 0 Å². The van der Waals surface area contributed by atoms with Gasteiger partial charge in [0.05, 0.1) is 18.0 Å². The lowest BCUT2D eigenvalue weighted by molar-refractivity contribution is 0.0887. The molecule has 2 heterocycles. The number of Topliss-reactive ketones (excluding diaryl/α,β-unsaturated/α-hetero) is 1. The van der Waals surface area contributed by atoms with Gasteiger partial charge in [0, 0.05) is 31.9 Å². The van der Waals surface area contributed by atoms with Crippen LogP contribution in [0.3, 0.4) is 0 Å². The molecule has 0 radical (unpaired) electrons. The van der Waals surface area contributed by atoms with Crippen molar-refractivity contribution in [1.82, 2.24) is 9.80 Å². The summed E-state index contributed by atoms with van der Waals surface area (Å²) in [4.78, 5) is 29.2. The van der Waals surface area contributed by atoms with Crippen molar-refractivity contribution in [2.75, 3.05) is 44.6 Å². The number of nitrogens with zero attached hydrogens (tertiary/aromatic N) is 2. The maximum atomic E-state index is 12.4. The molecule has 1 aromatic carbocycles. The van der Waals surface area contributed by atoms with Gasteiger partial charge in [-0.05, 0) is 42.6 Å². The zero-order chi connectivity index (χ0) is 18.4. The van der Waals surface area contributed by atoms with Gasteiger partial charge in [-0.15, -0.1) is 11.3 Å². The predicted octanol–water partition coefficient (Wildman–Crippen LogP) is 3.18. The van der Waals surface area contributed by atoms with Crippen LogP contribution in [0.15, 0.2) is 41.8 Å². The Balaban J connectivity index is 1.45. The summed E-state index contributed by atoms with van der Waals surface area (Å²) in [7, 11) is 0. The Hall–Kier alpha value is -2.38. The van der Waals surface area contributed by atoms with E-state index in [1.165, 1.54) is 11.3 Å². The first kappa shape index (κ1) is 18.4. The third-order valence-electron chi connectivity index (χ3n) is 4.24. The van der Waals surface area contributed by atoms with Crippen molar-refractivity contribution >= 4 is 28.8 Å². The van der Waals surface area contributed by atoms with Crippen LogP contribution in [0.4, 0.5) is 10.5 Å². The van der Waals surface area contributed by atoms with Gasteiger partial charge in [-0.25, -0.2) is 4.79 Å². The van der Waals surface area contributed by atoms with Gasteiger partial charge >= 0.3 is 6.03 Å². The number of hydrogen-bond acceptors (Lipinski definition) is 5. The van der Waals surface area contributed by atoms with Crippen molar-refractivity contribution in [3.05, 3.63) is 46.7 Å². The van der Waals surface area contributed by atoms with Gasteiger partial charge in [-0.2, -0.15) is 0 Å². The zero-order valence-corrected chi connectivity index (χ0v) is 15.6. The van der Waals surface area contributed by atoms with E-state index >= 15 is 0 Å². The molecule has 1 saturated heterocycles. The minimum atomic E-state index is -0.113. The fourth-order valence-corrected chi connectivity index (χ4v) is 3.49. The van der Waals surface area contributed by atoms with E-state index in [0.717, 1.165) is 16.3 Å². The molecule has 7 heteroatoms. The van der Waals surface area contributed by atoms with E-state index in [-0.39, 0.29) is 11.8 Å².